The molecular formula is C24H23N3O5S. The molecule has 0 spiro atoms. The van der Waals surface area contributed by atoms with E-state index in [1.54, 1.807) is 62.8 Å². The molecule has 0 aliphatic heterocycles. The normalized spacial score (nSPS) is 12.3. The van der Waals surface area contributed by atoms with E-state index in [2.05, 4.69) is 14.7 Å². The first-order valence-electron chi connectivity index (χ1n) is 10.1. The van der Waals surface area contributed by atoms with Crippen molar-refractivity contribution >= 4 is 20.9 Å². The molecule has 4 aromatic rings. The second-order valence-electron chi connectivity index (χ2n) is 7.22. The zero-order valence-corrected chi connectivity index (χ0v) is 19.2. The Bertz CT molecular complexity index is 1360. The number of rotatable bonds is 8. The second-order valence-corrected chi connectivity index (χ2v) is 8.93. The topological polar surface area (TPSA) is 99.6 Å². The second kappa shape index (κ2) is 9.43. The fraction of sp³-hybridized carbons (Fsp3) is 0.167. The minimum absolute atomic E-state index is 0.140. The fourth-order valence-electron chi connectivity index (χ4n) is 3.34. The quantitative estimate of drug-likeness (QED) is 0.410. The third kappa shape index (κ3) is 4.89. The average molecular weight is 466 g/mol. The standard InChI is InChI=1S/C24H23N3O5S/c1-16(17-4-6-18(30-2)7-5-17)27-33(28,29)20-10-8-19(9-11-20)32-22-13-15-25-23-21(22)12-14-26-24(23)31-3/h4-16,27H,1-3H3. The van der Waals surface area contributed by atoms with Gasteiger partial charge in [-0.2, -0.15) is 0 Å². The van der Waals surface area contributed by atoms with Gasteiger partial charge in [0, 0.05) is 18.4 Å². The summed E-state index contributed by atoms with van der Waals surface area (Å²) in [5, 5.41) is 0.732. The summed E-state index contributed by atoms with van der Waals surface area (Å²) in [5.41, 5.74) is 1.40. The Morgan fingerprint density at radius 1 is 0.818 bits per heavy atom. The smallest absolute Gasteiger partial charge is 0.241 e. The van der Waals surface area contributed by atoms with Crippen LogP contribution in [0.25, 0.3) is 10.9 Å². The molecule has 9 heteroatoms. The van der Waals surface area contributed by atoms with E-state index >= 15 is 0 Å². The van der Waals surface area contributed by atoms with Gasteiger partial charge in [-0.3, -0.25) is 4.98 Å². The van der Waals surface area contributed by atoms with Gasteiger partial charge in [0.05, 0.1) is 24.5 Å². The number of ether oxygens (including phenoxy) is 3. The van der Waals surface area contributed by atoms with Gasteiger partial charge in [0.15, 0.2) is 0 Å². The van der Waals surface area contributed by atoms with Crippen LogP contribution in [0.2, 0.25) is 0 Å². The van der Waals surface area contributed by atoms with Crippen LogP contribution in [0.4, 0.5) is 0 Å². The van der Waals surface area contributed by atoms with Gasteiger partial charge in [-0.1, -0.05) is 12.1 Å². The number of aromatic nitrogens is 2. The van der Waals surface area contributed by atoms with E-state index in [1.165, 1.54) is 19.2 Å². The van der Waals surface area contributed by atoms with Crippen LogP contribution in [0.5, 0.6) is 23.1 Å². The monoisotopic (exact) mass is 465 g/mol. The minimum Gasteiger partial charge on any atom is -0.497 e. The summed E-state index contributed by atoms with van der Waals surface area (Å²) in [4.78, 5) is 8.59. The Balaban J connectivity index is 1.51. The molecule has 2 aromatic carbocycles. The lowest BCUT2D eigenvalue weighted by Gasteiger charge is -2.15. The maximum atomic E-state index is 12.8. The summed E-state index contributed by atoms with van der Waals surface area (Å²) in [6, 6.07) is 16.6. The molecule has 0 bridgehead atoms. The third-order valence-corrected chi connectivity index (χ3v) is 6.65. The van der Waals surface area contributed by atoms with Crippen LogP contribution in [0.15, 0.2) is 78.0 Å². The van der Waals surface area contributed by atoms with Crippen molar-refractivity contribution in [1.82, 2.24) is 14.7 Å². The molecular weight excluding hydrogens is 442 g/mol. The maximum absolute atomic E-state index is 12.8. The number of nitrogens with zero attached hydrogens (tertiary/aromatic N) is 2. The molecule has 1 unspecified atom stereocenters. The zero-order chi connectivity index (χ0) is 23.4. The number of sulfonamides is 1. The average Bonchev–Trinajstić information content (AvgIpc) is 2.84. The molecule has 0 amide bonds. The van der Waals surface area contributed by atoms with Gasteiger partial charge in [-0.05, 0) is 61.0 Å². The molecule has 4 rings (SSSR count). The highest BCUT2D eigenvalue weighted by Crippen LogP contribution is 2.32. The number of benzene rings is 2. The molecule has 1 atom stereocenters. The number of hydrogen-bond donors (Lipinski definition) is 1. The minimum atomic E-state index is -3.73. The SMILES string of the molecule is COc1ccc(C(C)NS(=O)(=O)c2ccc(Oc3ccnc4c(OC)nccc34)cc2)cc1. The summed E-state index contributed by atoms with van der Waals surface area (Å²) < 4.78 is 44.8. The number of methoxy groups -OCH3 is 2. The highest BCUT2D eigenvalue weighted by Gasteiger charge is 2.19. The van der Waals surface area contributed by atoms with Gasteiger partial charge in [-0.25, -0.2) is 18.1 Å². The summed E-state index contributed by atoms with van der Waals surface area (Å²) >= 11 is 0. The Kier molecular flexibility index (Phi) is 6.43. The molecule has 33 heavy (non-hydrogen) atoms. The highest BCUT2D eigenvalue weighted by atomic mass is 32.2. The lowest BCUT2D eigenvalue weighted by Crippen LogP contribution is -2.26. The van der Waals surface area contributed by atoms with E-state index in [9.17, 15) is 8.42 Å². The molecule has 2 aromatic heterocycles. The number of fused-ring (bicyclic) bond motifs is 1. The van der Waals surface area contributed by atoms with Crippen LogP contribution >= 0.6 is 0 Å². The van der Waals surface area contributed by atoms with E-state index in [-0.39, 0.29) is 4.90 Å². The summed E-state index contributed by atoms with van der Waals surface area (Å²) in [6.07, 6.45) is 3.21. The molecule has 170 valence electrons. The van der Waals surface area contributed by atoms with Crippen molar-refractivity contribution in [2.75, 3.05) is 14.2 Å². The first kappa shape index (κ1) is 22.5. The predicted molar refractivity (Wildman–Crippen MR) is 124 cm³/mol. The summed E-state index contributed by atoms with van der Waals surface area (Å²) in [7, 11) is -0.618. The third-order valence-electron chi connectivity index (χ3n) is 5.09. The number of nitrogens with one attached hydrogen (secondary N) is 1. The number of hydrogen-bond acceptors (Lipinski definition) is 7. The lowest BCUT2D eigenvalue weighted by molar-refractivity contribution is 0.402. The molecule has 2 heterocycles. The largest absolute Gasteiger partial charge is 0.497 e. The van der Waals surface area contributed by atoms with Crippen LogP contribution in [0.3, 0.4) is 0 Å². The molecule has 0 aliphatic rings. The zero-order valence-electron chi connectivity index (χ0n) is 18.3. The Labute approximate surface area is 192 Å². The van der Waals surface area contributed by atoms with Gasteiger partial charge in [0.2, 0.25) is 15.9 Å². The lowest BCUT2D eigenvalue weighted by atomic mass is 10.1. The Morgan fingerprint density at radius 2 is 1.48 bits per heavy atom. The van der Waals surface area contributed by atoms with Crippen molar-refractivity contribution in [1.29, 1.82) is 0 Å². The highest BCUT2D eigenvalue weighted by molar-refractivity contribution is 7.89. The van der Waals surface area contributed by atoms with Crippen LogP contribution in [-0.2, 0) is 10.0 Å². The molecule has 1 N–H and O–H groups in total. The molecule has 0 aliphatic carbocycles. The number of pyridine rings is 2. The first-order chi connectivity index (χ1) is 15.9. The van der Waals surface area contributed by atoms with Crippen LogP contribution < -0.4 is 18.9 Å². The van der Waals surface area contributed by atoms with Crippen LogP contribution in [0, 0.1) is 0 Å². The predicted octanol–water partition coefficient (Wildman–Crippen LogP) is 4.48. The molecule has 0 saturated heterocycles. The van der Waals surface area contributed by atoms with Crippen LogP contribution in [0.1, 0.15) is 18.5 Å². The van der Waals surface area contributed by atoms with Gasteiger partial charge >= 0.3 is 0 Å². The van der Waals surface area contributed by atoms with Crippen molar-refractivity contribution in [2.45, 2.75) is 17.9 Å². The first-order valence-corrected chi connectivity index (χ1v) is 11.6. The van der Waals surface area contributed by atoms with E-state index < -0.39 is 16.1 Å². The summed E-state index contributed by atoms with van der Waals surface area (Å²) in [6.45, 7) is 1.79. The summed E-state index contributed by atoms with van der Waals surface area (Å²) in [5.74, 6) is 2.15. The van der Waals surface area contributed by atoms with Crippen LogP contribution in [-0.4, -0.2) is 32.6 Å². The molecule has 0 fully saturated rings. The van der Waals surface area contributed by atoms with Gasteiger partial charge < -0.3 is 14.2 Å². The van der Waals surface area contributed by atoms with Crippen molar-refractivity contribution in [2.24, 2.45) is 0 Å². The Hall–Kier alpha value is -3.69. The van der Waals surface area contributed by atoms with Crippen molar-refractivity contribution < 1.29 is 22.6 Å². The van der Waals surface area contributed by atoms with Crippen molar-refractivity contribution in [3.63, 3.8) is 0 Å². The maximum Gasteiger partial charge on any atom is 0.241 e. The van der Waals surface area contributed by atoms with E-state index in [4.69, 9.17) is 14.2 Å². The van der Waals surface area contributed by atoms with Crippen molar-refractivity contribution in [3.05, 3.63) is 78.6 Å². The van der Waals surface area contributed by atoms with Gasteiger partial charge in [0.1, 0.15) is 22.8 Å². The van der Waals surface area contributed by atoms with E-state index in [0.717, 1.165) is 10.9 Å². The van der Waals surface area contributed by atoms with Gasteiger partial charge in [-0.15, -0.1) is 0 Å². The fourth-order valence-corrected chi connectivity index (χ4v) is 4.57. The van der Waals surface area contributed by atoms with Crippen molar-refractivity contribution in [3.8, 4) is 23.1 Å². The molecule has 0 saturated carbocycles. The Morgan fingerprint density at radius 3 is 2.15 bits per heavy atom. The van der Waals surface area contributed by atoms with Gasteiger partial charge in [0.25, 0.3) is 0 Å². The van der Waals surface area contributed by atoms with E-state index in [0.29, 0.717) is 28.6 Å². The molecule has 0 radical (unpaired) electrons. The molecule has 8 nitrogen and oxygen atoms in total. The van der Waals surface area contributed by atoms with E-state index in [1.807, 2.05) is 12.1 Å².